The van der Waals surface area contributed by atoms with Crippen LogP contribution in [0.4, 0.5) is 0 Å². The summed E-state index contributed by atoms with van der Waals surface area (Å²) >= 11 is 0. The van der Waals surface area contributed by atoms with Crippen molar-refractivity contribution < 1.29 is 8.83 Å². The fraction of sp³-hybridized carbons (Fsp3) is 0. The highest BCUT2D eigenvalue weighted by Gasteiger charge is 2.23. The summed E-state index contributed by atoms with van der Waals surface area (Å²) in [5, 5.41) is 9.09. The maximum atomic E-state index is 6.26. The summed E-state index contributed by atoms with van der Waals surface area (Å²) in [5.74, 6) is 3.67. The Morgan fingerprint density at radius 2 is 0.509 bits per heavy atom. The second kappa shape index (κ2) is 25.8. The molecule has 0 saturated carbocycles. The van der Waals surface area contributed by atoms with E-state index in [1.54, 1.807) is 0 Å². The molecule has 0 amide bonds. The molecule has 10 nitrogen and oxygen atoms in total. The van der Waals surface area contributed by atoms with Gasteiger partial charge < -0.3 is 13.4 Å². The van der Waals surface area contributed by atoms with Gasteiger partial charge in [-0.2, -0.15) is 9.97 Å². The molecule has 0 saturated heterocycles. The third-order valence-corrected chi connectivity index (χ3v) is 20.2. The number of hydrogen-bond donors (Lipinski definition) is 0. The summed E-state index contributed by atoms with van der Waals surface area (Å²) in [6, 6.07) is 126. The molecule has 0 radical (unpaired) electrons. The quantitative estimate of drug-likeness (QED) is 0.126. The Kier molecular flexibility index (Phi) is 15.0. The van der Waals surface area contributed by atoms with Crippen LogP contribution in [-0.4, -0.2) is 39.0 Å². The number of hydrogen-bond acceptors (Lipinski definition) is 8. The number of para-hydroxylation sites is 5. The molecule has 6 heterocycles. The summed E-state index contributed by atoms with van der Waals surface area (Å²) < 4.78 is 17.0. The SMILES string of the molecule is c1ccc(-c2ccc(-c3nc(-c4cccc(-c5ccccc5)c4)nc(-n4c5ccccc5c5cc(-c6ccc7c(c6)oc6ccccc67)ccc54)n3)cc2)cc1.c1ccc(-c2nc(-c3ccccc3)nc(-c3ccccc3-n3c4ccccc4c4cc(-c5ccc6c(c5)oc5ccccc56)ccc43)n2)cc1. The molecule has 21 rings (SSSR count). The normalized spacial score (nSPS) is 11.6. The van der Waals surface area contributed by atoms with Crippen LogP contribution >= 0.6 is 0 Å². The smallest absolute Gasteiger partial charge is 0.238 e. The van der Waals surface area contributed by atoms with Crippen LogP contribution in [0.3, 0.4) is 0 Å². The second-order valence-corrected chi connectivity index (χ2v) is 26.5. The van der Waals surface area contributed by atoms with Gasteiger partial charge in [0, 0.05) is 70.9 Å². The molecule has 6 aromatic heterocycles. The maximum Gasteiger partial charge on any atom is 0.238 e. The van der Waals surface area contributed by atoms with E-state index in [9.17, 15) is 0 Å². The summed E-state index contributed by atoms with van der Waals surface area (Å²) in [7, 11) is 0. The van der Waals surface area contributed by atoms with Crippen molar-refractivity contribution in [1.82, 2.24) is 39.0 Å². The van der Waals surface area contributed by atoms with Crippen LogP contribution in [0.25, 0.3) is 201 Å². The fourth-order valence-electron chi connectivity index (χ4n) is 15.0. The highest BCUT2D eigenvalue weighted by atomic mass is 16.3. The van der Waals surface area contributed by atoms with E-state index >= 15 is 0 Å². The molecule has 0 aliphatic rings. The first-order chi connectivity index (χ1) is 52.5. The van der Waals surface area contributed by atoms with Crippen LogP contribution in [-0.2, 0) is 0 Å². The molecule has 0 bridgehead atoms. The molecule has 496 valence electrons. The average Bonchev–Trinajstić information content (AvgIpc) is 1.58. The zero-order valence-corrected chi connectivity index (χ0v) is 57.0. The van der Waals surface area contributed by atoms with E-state index in [1.165, 1.54) is 10.8 Å². The number of rotatable bonds is 11. The van der Waals surface area contributed by atoms with Gasteiger partial charge in [-0.15, -0.1) is 0 Å². The molecule has 0 N–H and O–H groups in total. The number of furan rings is 2. The second-order valence-electron chi connectivity index (χ2n) is 26.5. The Morgan fingerprint density at radius 3 is 1.07 bits per heavy atom. The van der Waals surface area contributed by atoms with Crippen molar-refractivity contribution in [1.29, 1.82) is 0 Å². The van der Waals surface area contributed by atoms with Crippen LogP contribution in [0.5, 0.6) is 0 Å². The van der Waals surface area contributed by atoms with Crippen molar-refractivity contribution in [3.05, 3.63) is 364 Å². The van der Waals surface area contributed by atoms with Crippen LogP contribution < -0.4 is 0 Å². The number of aromatic nitrogens is 8. The monoisotopic (exact) mass is 1360 g/mol. The van der Waals surface area contributed by atoms with Crippen LogP contribution in [0.15, 0.2) is 373 Å². The number of fused-ring (bicyclic) bond motifs is 12. The van der Waals surface area contributed by atoms with Gasteiger partial charge in [0.2, 0.25) is 5.95 Å². The van der Waals surface area contributed by atoms with E-state index < -0.39 is 0 Å². The fourth-order valence-corrected chi connectivity index (χ4v) is 15.0. The Morgan fingerprint density at radius 1 is 0.179 bits per heavy atom. The largest absolute Gasteiger partial charge is 0.456 e. The highest BCUT2D eigenvalue weighted by Crippen LogP contribution is 2.42. The Hall–Kier alpha value is -14.5. The van der Waals surface area contributed by atoms with Gasteiger partial charge >= 0.3 is 0 Å². The van der Waals surface area contributed by atoms with Crippen molar-refractivity contribution in [3.8, 4) is 113 Å². The summed E-state index contributed by atoms with van der Waals surface area (Å²) in [4.78, 5) is 30.7. The van der Waals surface area contributed by atoms with E-state index in [-0.39, 0.29) is 0 Å². The Labute approximate surface area is 608 Å². The number of nitrogens with zero attached hydrogens (tertiary/aromatic N) is 8. The molecule has 106 heavy (non-hydrogen) atoms. The van der Waals surface area contributed by atoms with E-state index in [4.69, 9.17) is 38.7 Å². The van der Waals surface area contributed by atoms with Gasteiger partial charge in [-0.1, -0.05) is 273 Å². The minimum Gasteiger partial charge on any atom is -0.456 e. The first-order valence-corrected chi connectivity index (χ1v) is 35.5. The molecule has 0 aliphatic heterocycles. The average molecular weight is 1360 g/mol. The molecule has 0 unspecified atom stereocenters. The van der Waals surface area contributed by atoms with Gasteiger partial charge in [-0.3, -0.25) is 4.57 Å². The maximum absolute atomic E-state index is 6.26. The third kappa shape index (κ3) is 11.0. The van der Waals surface area contributed by atoms with E-state index in [0.717, 1.165) is 155 Å². The zero-order chi connectivity index (χ0) is 70.0. The molecule has 0 atom stereocenters. The minimum atomic E-state index is 0.560. The summed E-state index contributed by atoms with van der Waals surface area (Å²) in [5.41, 5.74) is 22.4. The lowest BCUT2D eigenvalue weighted by Crippen LogP contribution is -2.06. The molecule has 0 aliphatic carbocycles. The van der Waals surface area contributed by atoms with Crippen molar-refractivity contribution in [2.24, 2.45) is 0 Å². The predicted octanol–water partition coefficient (Wildman–Crippen LogP) is 24.7. The molecule has 0 spiro atoms. The molecule has 10 heteroatoms. The minimum absolute atomic E-state index is 0.560. The molecule has 0 fully saturated rings. The van der Waals surface area contributed by atoms with Crippen molar-refractivity contribution in [2.75, 3.05) is 0 Å². The zero-order valence-electron chi connectivity index (χ0n) is 57.0. The predicted molar refractivity (Wildman–Crippen MR) is 432 cm³/mol. The van der Waals surface area contributed by atoms with Crippen molar-refractivity contribution in [2.45, 2.75) is 0 Å². The first kappa shape index (κ1) is 61.4. The Balaban J connectivity index is 0.000000141. The summed E-state index contributed by atoms with van der Waals surface area (Å²) in [6.45, 7) is 0. The lowest BCUT2D eigenvalue weighted by Gasteiger charge is -2.14. The molecule has 21 aromatic rings. The standard InChI is InChI=1S/C51H32N4O.C45H28N4O/c1-3-12-33(13-4-1)35-22-24-36(25-23-35)49-52-50(40-17-11-16-37(30-40)34-14-5-2-6-15-34)54-51(53-49)55-45-20-9-7-18-41(45)44-31-38(27-29-46(44)55)39-26-28-43-42-19-8-10-21-47(42)56-48(43)32-39;1-3-13-29(14-4-1)43-46-44(30-15-5-2-6-16-30)48-45(47-43)36-19-8-11-21-39(36)49-38-20-10-7-17-33(38)37-27-31(24-26-40(37)49)32-23-25-35-34-18-9-12-22-41(34)50-42(35)28-32/h1-32H;1-28H. The van der Waals surface area contributed by atoms with Crippen molar-refractivity contribution in [3.63, 3.8) is 0 Å². The highest BCUT2D eigenvalue weighted by molar-refractivity contribution is 6.13. The van der Waals surface area contributed by atoms with Crippen molar-refractivity contribution >= 4 is 87.5 Å². The summed E-state index contributed by atoms with van der Waals surface area (Å²) in [6.07, 6.45) is 0. The van der Waals surface area contributed by atoms with Gasteiger partial charge in [-0.25, -0.2) is 19.9 Å². The lowest BCUT2D eigenvalue weighted by molar-refractivity contribution is 0.668. The topological polar surface area (TPSA) is 113 Å². The van der Waals surface area contributed by atoms with E-state index in [0.29, 0.717) is 35.1 Å². The Bertz CT molecular complexity index is 6890. The lowest BCUT2D eigenvalue weighted by atomic mass is 10.0. The molecule has 15 aromatic carbocycles. The van der Waals surface area contributed by atoms with Crippen LogP contribution in [0, 0.1) is 0 Å². The van der Waals surface area contributed by atoms with Gasteiger partial charge in [0.1, 0.15) is 22.3 Å². The van der Waals surface area contributed by atoms with Crippen LogP contribution in [0.1, 0.15) is 0 Å². The van der Waals surface area contributed by atoms with Crippen LogP contribution in [0.2, 0.25) is 0 Å². The van der Waals surface area contributed by atoms with E-state index in [2.05, 4.69) is 270 Å². The molecular weight excluding hydrogens is 1300 g/mol. The van der Waals surface area contributed by atoms with Gasteiger partial charge in [-0.05, 0) is 136 Å². The third-order valence-electron chi connectivity index (χ3n) is 20.2. The van der Waals surface area contributed by atoms with Gasteiger partial charge in [0.05, 0.1) is 27.8 Å². The van der Waals surface area contributed by atoms with Gasteiger partial charge in [0.25, 0.3) is 0 Å². The number of benzene rings is 15. The first-order valence-electron chi connectivity index (χ1n) is 35.5. The van der Waals surface area contributed by atoms with Gasteiger partial charge in [0.15, 0.2) is 29.1 Å². The molecular formula is C96H60N8O2. The van der Waals surface area contributed by atoms with E-state index in [1.807, 2.05) is 103 Å².